The highest BCUT2D eigenvalue weighted by Gasteiger charge is 2.32. The van der Waals surface area contributed by atoms with Gasteiger partial charge in [0.1, 0.15) is 0 Å². The van der Waals surface area contributed by atoms with Crippen LogP contribution >= 0.6 is 0 Å². The first kappa shape index (κ1) is 16.0. The van der Waals surface area contributed by atoms with E-state index < -0.39 is 10.8 Å². The Morgan fingerprint density at radius 1 is 1.43 bits per heavy atom. The molecule has 0 aromatic heterocycles. The Hall–Kier alpha value is -1.40. The zero-order valence-electron chi connectivity index (χ0n) is 12.7. The Morgan fingerprint density at radius 3 is 2.67 bits per heavy atom. The molecule has 0 spiro atoms. The molecule has 0 unspecified atom stereocenters. The van der Waals surface area contributed by atoms with Crippen molar-refractivity contribution in [3.8, 4) is 0 Å². The fourth-order valence-electron chi connectivity index (χ4n) is 2.25. The molecule has 0 bridgehead atoms. The number of ether oxygens (including phenoxy) is 1. The van der Waals surface area contributed by atoms with E-state index in [1.165, 1.54) is 0 Å². The van der Waals surface area contributed by atoms with Crippen LogP contribution in [0.15, 0.2) is 29.2 Å². The fraction of sp³-hybridized carbons (Fsp3) is 0.533. The van der Waals surface area contributed by atoms with Crippen molar-refractivity contribution in [3.05, 3.63) is 24.3 Å². The summed E-state index contributed by atoms with van der Waals surface area (Å²) in [5, 5.41) is 2.87. The van der Waals surface area contributed by atoms with Crippen LogP contribution in [0.3, 0.4) is 0 Å². The summed E-state index contributed by atoms with van der Waals surface area (Å²) < 4.78 is 17.1. The number of morpholine rings is 1. The molecular weight excluding hydrogens is 288 g/mol. The Kier molecular flexibility index (Phi) is 5.00. The van der Waals surface area contributed by atoms with Gasteiger partial charge < -0.3 is 15.0 Å². The van der Waals surface area contributed by atoms with Crippen LogP contribution in [0.1, 0.15) is 20.3 Å². The van der Waals surface area contributed by atoms with Gasteiger partial charge in [0.2, 0.25) is 0 Å². The molecule has 0 aliphatic carbocycles. The minimum atomic E-state index is -1.01. The number of rotatable bonds is 3. The number of hydrogen-bond donors (Lipinski definition) is 1. The Labute approximate surface area is 128 Å². The summed E-state index contributed by atoms with van der Waals surface area (Å²) in [6.07, 6.45) is 2.50. The minimum Gasteiger partial charge on any atom is -0.372 e. The van der Waals surface area contributed by atoms with E-state index in [0.29, 0.717) is 25.4 Å². The fourth-order valence-corrected chi connectivity index (χ4v) is 2.77. The van der Waals surface area contributed by atoms with Crippen molar-refractivity contribution >= 4 is 22.5 Å². The van der Waals surface area contributed by atoms with Gasteiger partial charge in [0, 0.05) is 34.2 Å². The molecule has 5 nitrogen and oxygen atoms in total. The number of amides is 2. The number of anilines is 1. The predicted octanol–water partition coefficient (Wildman–Crippen LogP) is 2.46. The van der Waals surface area contributed by atoms with Crippen LogP contribution in [-0.2, 0) is 15.5 Å². The van der Waals surface area contributed by atoms with Crippen LogP contribution in [-0.4, -0.2) is 46.7 Å². The minimum absolute atomic E-state index is 0.122. The van der Waals surface area contributed by atoms with Crippen molar-refractivity contribution in [2.75, 3.05) is 31.3 Å². The van der Waals surface area contributed by atoms with Gasteiger partial charge in [-0.25, -0.2) is 4.79 Å². The zero-order valence-corrected chi connectivity index (χ0v) is 13.5. The zero-order chi connectivity index (χ0) is 15.5. The molecule has 2 rings (SSSR count). The van der Waals surface area contributed by atoms with Gasteiger partial charge in [-0.15, -0.1) is 0 Å². The Morgan fingerprint density at radius 2 is 2.10 bits per heavy atom. The lowest BCUT2D eigenvalue weighted by molar-refractivity contribution is -0.0860. The van der Waals surface area contributed by atoms with Crippen molar-refractivity contribution in [3.63, 3.8) is 0 Å². The highest BCUT2D eigenvalue weighted by atomic mass is 32.2. The molecule has 0 radical (unpaired) electrons. The van der Waals surface area contributed by atoms with Gasteiger partial charge in [-0.1, -0.05) is 6.92 Å². The molecule has 2 atom stereocenters. The lowest BCUT2D eigenvalue weighted by atomic mass is 10.0. The second-order valence-electron chi connectivity index (χ2n) is 5.48. The SMILES string of the molecule is CC[C@]1(C)CN(C(=O)Nc2ccc([S@@](C)=O)cc2)CCO1. The van der Waals surface area contributed by atoms with Crippen molar-refractivity contribution < 1.29 is 13.7 Å². The van der Waals surface area contributed by atoms with Crippen LogP contribution in [0.25, 0.3) is 0 Å². The van der Waals surface area contributed by atoms with Crippen LogP contribution < -0.4 is 5.32 Å². The highest BCUT2D eigenvalue weighted by Crippen LogP contribution is 2.22. The van der Waals surface area contributed by atoms with Crippen LogP contribution in [0.4, 0.5) is 10.5 Å². The summed E-state index contributed by atoms with van der Waals surface area (Å²) in [5.41, 5.74) is 0.442. The van der Waals surface area contributed by atoms with E-state index in [-0.39, 0.29) is 11.6 Å². The molecule has 1 aromatic rings. The summed E-state index contributed by atoms with van der Waals surface area (Å²) >= 11 is 0. The topological polar surface area (TPSA) is 58.6 Å². The summed E-state index contributed by atoms with van der Waals surface area (Å²) in [6, 6.07) is 6.95. The van der Waals surface area contributed by atoms with Crippen molar-refractivity contribution in [1.82, 2.24) is 4.90 Å². The van der Waals surface area contributed by atoms with Gasteiger partial charge in [-0.05, 0) is 37.6 Å². The molecule has 0 saturated carbocycles. The van der Waals surface area contributed by atoms with Crippen molar-refractivity contribution in [1.29, 1.82) is 0 Å². The summed E-state index contributed by atoms with van der Waals surface area (Å²) in [7, 11) is -1.01. The van der Waals surface area contributed by atoms with Gasteiger partial charge >= 0.3 is 6.03 Å². The molecule has 2 amide bonds. The first-order valence-corrected chi connectivity index (χ1v) is 8.63. The number of nitrogens with zero attached hydrogens (tertiary/aromatic N) is 1. The third kappa shape index (κ3) is 4.04. The van der Waals surface area contributed by atoms with Crippen LogP contribution in [0.5, 0.6) is 0 Å². The first-order chi connectivity index (χ1) is 9.93. The monoisotopic (exact) mass is 310 g/mol. The average molecular weight is 310 g/mol. The summed E-state index contributed by atoms with van der Waals surface area (Å²) in [4.78, 5) is 14.8. The van der Waals surface area contributed by atoms with E-state index in [1.54, 1.807) is 35.4 Å². The van der Waals surface area contributed by atoms with Crippen molar-refractivity contribution in [2.24, 2.45) is 0 Å². The largest absolute Gasteiger partial charge is 0.372 e. The molecule has 1 fully saturated rings. The van der Waals surface area contributed by atoms with E-state index in [2.05, 4.69) is 12.2 Å². The van der Waals surface area contributed by atoms with Crippen molar-refractivity contribution in [2.45, 2.75) is 30.8 Å². The van der Waals surface area contributed by atoms with E-state index in [9.17, 15) is 9.00 Å². The highest BCUT2D eigenvalue weighted by molar-refractivity contribution is 7.84. The molecule has 1 aliphatic rings. The Balaban J connectivity index is 1.99. The predicted molar refractivity (Wildman–Crippen MR) is 84.0 cm³/mol. The molecule has 21 heavy (non-hydrogen) atoms. The molecular formula is C15H22N2O3S. The molecule has 1 N–H and O–H groups in total. The third-order valence-corrected chi connectivity index (χ3v) is 4.75. The standard InChI is InChI=1S/C15H22N2O3S/c1-4-15(2)11-17(9-10-20-15)14(18)16-12-5-7-13(8-6-12)21(3)19/h5-8H,4,9-11H2,1-3H3,(H,16,18)/t15-,21-/m1/s1. The molecule has 1 aliphatic heterocycles. The number of urea groups is 1. The number of nitrogens with one attached hydrogen (secondary N) is 1. The Bertz CT molecular complexity index is 532. The number of carbonyl (C=O) groups excluding carboxylic acids is 1. The molecule has 1 aromatic carbocycles. The smallest absolute Gasteiger partial charge is 0.322 e. The van der Waals surface area contributed by atoms with Gasteiger partial charge in [-0.3, -0.25) is 4.21 Å². The van der Waals surface area contributed by atoms with E-state index in [1.807, 2.05) is 6.92 Å². The molecule has 116 valence electrons. The number of benzene rings is 1. The lowest BCUT2D eigenvalue weighted by Gasteiger charge is -2.39. The second-order valence-corrected chi connectivity index (χ2v) is 6.86. The quantitative estimate of drug-likeness (QED) is 0.933. The molecule has 1 saturated heterocycles. The molecule has 6 heteroatoms. The van der Waals surface area contributed by atoms with E-state index in [4.69, 9.17) is 4.74 Å². The summed E-state index contributed by atoms with van der Waals surface area (Å²) in [6.45, 7) is 5.83. The first-order valence-electron chi connectivity index (χ1n) is 7.07. The second kappa shape index (κ2) is 6.58. The van der Waals surface area contributed by atoms with Crippen LogP contribution in [0, 0.1) is 0 Å². The maximum Gasteiger partial charge on any atom is 0.322 e. The van der Waals surface area contributed by atoms with Gasteiger partial charge in [0.25, 0.3) is 0 Å². The summed E-state index contributed by atoms with van der Waals surface area (Å²) in [5.74, 6) is 0. The lowest BCUT2D eigenvalue weighted by Crippen LogP contribution is -2.53. The van der Waals surface area contributed by atoms with Gasteiger partial charge in [-0.2, -0.15) is 0 Å². The molecule has 1 heterocycles. The van der Waals surface area contributed by atoms with E-state index >= 15 is 0 Å². The average Bonchev–Trinajstić information content (AvgIpc) is 2.48. The van der Waals surface area contributed by atoms with Gasteiger partial charge in [0.15, 0.2) is 0 Å². The van der Waals surface area contributed by atoms with E-state index in [0.717, 1.165) is 11.3 Å². The maximum atomic E-state index is 12.3. The normalized spacial score (nSPS) is 23.7. The maximum absolute atomic E-state index is 12.3. The number of carbonyl (C=O) groups is 1. The number of hydrogen-bond acceptors (Lipinski definition) is 3. The van der Waals surface area contributed by atoms with Gasteiger partial charge in [0.05, 0.1) is 18.8 Å². The third-order valence-electron chi connectivity index (χ3n) is 3.81. The van der Waals surface area contributed by atoms with Crippen LogP contribution in [0.2, 0.25) is 0 Å².